The Morgan fingerprint density at radius 1 is 1.09 bits per heavy atom. The average Bonchev–Trinajstić information content (AvgIpc) is 2.76. The summed E-state index contributed by atoms with van der Waals surface area (Å²) in [5, 5.41) is 2.79. The van der Waals surface area contributed by atoms with Gasteiger partial charge in [-0.1, -0.05) is 54.1 Å². The molecule has 3 amide bonds. The number of imide groups is 1. The predicted molar refractivity (Wildman–Crippen MR) is 116 cm³/mol. The third kappa shape index (κ3) is 4.26. The van der Waals surface area contributed by atoms with Crippen molar-refractivity contribution >= 4 is 29.3 Å². The summed E-state index contributed by atoms with van der Waals surface area (Å²) in [6.45, 7) is 1.89. The van der Waals surface area contributed by atoms with Gasteiger partial charge in [-0.25, -0.2) is 0 Å². The molecule has 0 radical (unpaired) electrons. The summed E-state index contributed by atoms with van der Waals surface area (Å²) < 4.78 is 27.7. The summed E-state index contributed by atoms with van der Waals surface area (Å²) in [4.78, 5) is 37.1. The zero-order chi connectivity index (χ0) is 23.0. The van der Waals surface area contributed by atoms with E-state index in [1.807, 2.05) is 24.3 Å². The van der Waals surface area contributed by atoms with Crippen LogP contribution >= 0.6 is 11.6 Å². The molecule has 0 bridgehead atoms. The average molecular weight is 461 g/mol. The van der Waals surface area contributed by atoms with E-state index >= 15 is 0 Å². The molecule has 32 heavy (non-hydrogen) atoms. The molecule has 2 aromatic rings. The smallest absolute Gasteiger partial charge is 0.324 e. The lowest BCUT2D eigenvalue weighted by molar-refractivity contribution is -0.168. The highest BCUT2D eigenvalue weighted by atomic mass is 35.5. The fourth-order valence-corrected chi connectivity index (χ4v) is 4.68. The van der Waals surface area contributed by atoms with Crippen molar-refractivity contribution in [2.24, 2.45) is 0 Å². The lowest BCUT2D eigenvalue weighted by Gasteiger charge is -2.37. The highest BCUT2D eigenvalue weighted by molar-refractivity contribution is 6.34. The highest BCUT2D eigenvalue weighted by Crippen LogP contribution is 2.37. The van der Waals surface area contributed by atoms with Crippen molar-refractivity contribution in [1.82, 2.24) is 10.2 Å². The van der Waals surface area contributed by atoms with Crippen LogP contribution < -0.4 is 5.32 Å². The fraction of sp³-hybridized carbons (Fsp3) is 0.375. The van der Waals surface area contributed by atoms with Gasteiger partial charge < -0.3 is 4.90 Å². The molecule has 2 heterocycles. The van der Waals surface area contributed by atoms with Crippen molar-refractivity contribution in [3.63, 3.8) is 0 Å². The number of hydrogen-bond acceptors (Lipinski definition) is 3. The number of hydrogen-bond donors (Lipinski definition) is 1. The van der Waals surface area contributed by atoms with Gasteiger partial charge in [0.25, 0.3) is 5.91 Å². The van der Waals surface area contributed by atoms with Crippen molar-refractivity contribution < 1.29 is 23.2 Å². The molecular weight excluding hydrogens is 438 g/mol. The Bertz CT molecular complexity index is 1070. The first-order valence-electron chi connectivity index (χ1n) is 10.6. The van der Waals surface area contributed by atoms with Crippen LogP contribution in [0.1, 0.15) is 49.7 Å². The normalized spacial score (nSPS) is 23.2. The number of benzene rings is 2. The van der Waals surface area contributed by atoms with E-state index < -0.39 is 24.2 Å². The lowest BCUT2D eigenvalue weighted by Crippen LogP contribution is -2.52. The number of rotatable bonds is 4. The van der Waals surface area contributed by atoms with Gasteiger partial charge in [-0.15, -0.1) is 0 Å². The Morgan fingerprint density at radius 2 is 1.81 bits per heavy atom. The number of halogens is 3. The number of carbonyl (C=O) groups is 3. The van der Waals surface area contributed by atoms with Crippen LogP contribution in [0.25, 0.3) is 11.1 Å². The molecule has 2 aliphatic rings. The number of nitrogens with zero attached hydrogens (tertiary/aromatic N) is 1. The minimum Gasteiger partial charge on any atom is -0.330 e. The van der Waals surface area contributed by atoms with Gasteiger partial charge >= 0.3 is 5.92 Å². The van der Waals surface area contributed by atoms with Gasteiger partial charge in [0.05, 0.1) is 10.9 Å². The second-order valence-corrected chi connectivity index (χ2v) is 8.81. The zero-order valence-electron chi connectivity index (χ0n) is 17.5. The van der Waals surface area contributed by atoms with E-state index in [4.69, 9.17) is 11.6 Å². The molecule has 4 rings (SSSR count). The zero-order valence-corrected chi connectivity index (χ0v) is 18.3. The highest BCUT2D eigenvalue weighted by Gasteiger charge is 2.47. The molecule has 2 atom stereocenters. The van der Waals surface area contributed by atoms with E-state index in [2.05, 4.69) is 5.32 Å². The molecule has 2 unspecified atom stereocenters. The summed E-state index contributed by atoms with van der Waals surface area (Å²) in [7, 11) is 0. The quantitative estimate of drug-likeness (QED) is 0.674. The van der Waals surface area contributed by atoms with Crippen LogP contribution in [0.5, 0.6) is 0 Å². The van der Waals surface area contributed by atoms with E-state index in [0.717, 1.165) is 16.7 Å². The molecule has 2 aromatic carbocycles. The van der Waals surface area contributed by atoms with Crippen LogP contribution in [0.15, 0.2) is 42.5 Å². The predicted octanol–water partition coefficient (Wildman–Crippen LogP) is 4.67. The second-order valence-electron chi connectivity index (χ2n) is 8.43. The molecule has 0 aromatic heterocycles. The Labute approximate surface area is 189 Å². The first-order valence-corrected chi connectivity index (χ1v) is 11.0. The Hall–Kier alpha value is -2.80. The molecule has 2 saturated heterocycles. The van der Waals surface area contributed by atoms with Crippen molar-refractivity contribution in [1.29, 1.82) is 0 Å². The summed E-state index contributed by atoms with van der Waals surface area (Å²) in [6.07, 6.45) is 0.516. The van der Waals surface area contributed by atoms with Crippen LogP contribution in [0.3, 0.4) is 0 Å². The summed E-state index contributed by atoms with van der Waals surface area (Å²) in [6, 6.07) is 12.4. The van der Waals surface area contributed by atoms with Crippen LogP contribution in [0, 0.1) is 0 Å². The van der Waals surface area contributed by atoms with Crippen molar-refractivity contribution in [2.75, 3.05) is 0 Å². The lowest BCUT2D eigenvalue weighted by atomic mass is 9.88. The van der Waals surface area contributed by atoms with Gasteiger partial charge in [-0.3, -0.25) is 19.7 Å². The van der Waals surface area contributed by atoms with E-state index in [9.17, 15) is 23.2 Å². The number of likely N-dealkylation sites (tertiary alicyclic amines) is 1. The Balaban J connectivity index is 1.55. The maximum Gasteiger partial charge on any atom is 0.324 e. The fourth-order valence-electron chi connectivity index (χ4n) is 4.31. The summed E-state index contributed by atoms with van der Waals surface area (Å²) in [5.41, 5.74) is 2.93. The molecule has 2 fully saturated rings. The third-order valence-electron chi connectivity index (χ3n) is 6.24. The summed E-state index contributed by atoms with van der Waals surface area (Å²) in [5.74, 6) is -5.56. The first kappa shape index (κ1) is 22.4. The number of alkyl halides is 2. The topological polar surface area (TPSA) is 66.5 Å². The minimum absolute atomic E-state index is 0.111. The molecule has 8 heteroatoms. The van der Waals surface area contributed by atoms with Gasteiger partial charge in [0.2, 0.25) is 11.8 Å². The van der Waals surface area contributed by atoms with Gasteiger partial charge in [-0.2, -0.15) is 8.78 Å². The Kier molecular flexibility index (Phi) is 6.03. The first-order chi connectivity index (χ1) is 15.2. The SMILES string of the molecule is CC1CCC(F)(F)C(=O)N1Cc1ccc(-c2cccc(C3CCC(=O)NC3=O)c2Cl)cc1. The van der Waals surface area contributed by atoms with Gasteiger partial charge in [0.15, 0.2) is 0 Å². The van der Waals surface area contributed by atoms with Crippen molar-refractivity contribution in [2.45, 2.75) is 57.0 Å². The van der Waals surface area contributed by atoms with E-state index in [0.29, 0.717) is 17.0 Å². The van der Waals surface area contributed by atoms with Crippen LogP contribution in [0.2, 0.25) is 5.02 Å². The standard InChI is InChI=1S/C24H23ClF2N2O3/c1-14-11-12-24(26,27)23(32)29(14)13-15-5-7-16(8-6-15)17-3-2-4-18(21(17)25)19-9-10-20(30)28-22(19)31/h2-8,14,19H,9-13H2,1H3,(H,28,30,31). The molecular formula is C24H23ClF2N2O3. The van der Waals surface area contributed by atoms with Crippen LogP contribution in [-0.2, 0) is 20.9 Å². The third-order valence-corrected chi connectivity index (χ3v) is 6.66. The van der Waals surface area contributed by atoms with Gasteiger partial charge in [0, 0.05) is 31.0 Å². The van der Waals surface area contributed by atoms with E-state index in [1.165, 1.54) is 4.90 Å². The number of nitrogens with one attached hydrogen (secondary N) is 1. The maximum atomic E-state index is 13.8. The monoisotopic (exact) mass is 460 g/mol. The van der Waals surface area contributed by atoms with E-state index in [-0.39, 0.29) is 37.2 Å². The van der Waals surface area contributed by atoms with Crippen molar-refractivity contribution in [3.05, 3.63) is 58.6 Å². The van der Waals surface area contributed by atoms with Gasteiger partial charge in [0.1, 0.15) is 0 Å². The van der Waals surface area contributed by atoms with Crippen molar-refractivity contribution in [3.8, 4) is 11.1 Å². The minimum atomic E-state index is -3.31. The molecule has 5 nitrogen and oxygen atoms in total. The molecule has 0 spiro atoms. The molecule has 0 aliphatic carbocycles. The number of carbonyl (C=O) groups excluding carboxylic acids is 3. The van der Waals surface area contributed by atoms with Crippen LogP contribution in [0.4, 0.5) is 8.78 Å². The van der Waals surface area contributed by atoms with Gasteiger partial charge in [-0.05, 0) is 36.5 Å². The molecule has 168 valence electrons. The Morgan fingerprint density at radius 3 is 2.50 bits per heavy atom. The molecule has 2 aliphatic heterocycles. The maximum absolute atomic E-state index is 13.8. The number of amides is 3. The second kappa shape index (κ2) is 8.62. The van der Waals surface area contributed by atoms with E-state index in [1.54, 1.807) is 25.1 Å². The molecule has 0 saturated carbocycles. The molecule has 1 N–H and O–H groups in total. The summed E-state index contributed by atoms with van der Waals surface area (Å²) >= 11 is 6.64. The van der Waals surface area contributed by atoms with Crippen LogP contribution in [-0.4, -0.2) is 34.6 Å². The number of piperidine rings is 2. The largest absolute Gasteiger partial charge is 0.330 e.